The molecule has 1 heterocycles. The summed E-state index contributed by atoms with van der Waals surface area (Å²) in [5.74, 6) is 1.04. The van der Waals surface area contributed by atoms with Crippen LogP contribution >= 0.6 is 0 Å². The fraction of sp³-hybridized carbons (Fsp3) is 0.933. The van der Waals surface area contributed by atoms with E-state index in [4.69, 9.17) is 0 Å². The van der Waals surface area contributed by atoms with Gasteiger partial charge in [0.25, 0.3) is 0 Å². The van der Waals surface area contributed by atoms with Crippen LogP contribution in [0.2, 0.25) is 0 Å². The van der Waals surface area contributed by atoms with Crippen LogP contribution in [-0.4, -0.2) is 61.5 Å². The Hall–Kier alpha value is -0.610. The minimum Gasteiger partial charge on any atom is -0.340 e. The van der Waals surface area contributed by atoms with Gasteiger partial charge < -0.3 is 10.2 Å². The number of nitrogens with one attached hydrogen (secondary N) is 1. The lowest BCUT2D eigenvalue weighted by molar-refractivity contribution is -0.132. The average molecular weight is 267 g/mol. The van der Waals surface area contributed by atoms with Gasteiger partial charge in [0.15, 0.2) is 0 Å². The van der Waals surface area contributed by atoms with E-state index in [9.17, 15) is 4.79 Å². The molecule has 2 atom stereocenters. The number of carbonyl (C=O) groups excluding carboxylic acids is 1. The highest BCUT2D eigenvalue weighted by atomic mass is 16.2. The van der Waals surface area contributed by atoms with Crippen LogP contribution in [-0.2, 0) is 4.79 Å². The lowest BCUT2D eigenvalue weighted by Crippen LogP contribution is -2.46. The van der Waals surface area contributed by atoms with Gasteiger partial charge in [0.2, 0.25) is 5.91 Å². The Kier molecular flexibility index (Phi) is 5.64. The van der Waals surface area contributed by atoms with E-state index in [1.54, 1.807) is 0 Å². The predicted molar refractivity (Wildman–Crippen MR) is 78.1 cm³/mol. The van der Waals surface area contributed by atoms with Gasteiger partial charge in [-0.05, 0) is 38.8 Å². The van der Waals surface area contributed by atoms with Gasteiger partial charge in [-0.15, -0.1) is 0 Å². The number of nitrogens with zero attached hydrogens (tertiary/aromatic N) is 2. The van der Waals surface area contributed by atoms with Crippen molar-refractivity contribution < 1.29 is 4.79 Å². The second kappa shape index (κ2) is 7.25. The van der Waals surface area contributed by atoms with E-state index in [1.807, 2.05) is 4.90 Å². The third-order valence-electron chi connectivity index (χ3n) is 4.71. The van der Waals surface area contributed by atoms with E-state index in [0.717, 1.165) is 38.5 Å². The SMILES string of the molecule is CC1CCCCC1N(C)CC(=O)N1CCCNCC1. The third-order valence-corrected chi connectivity index (χ3v) is 4.71. The molecule has 0 aromatic carbocycles. The molecule has 1 N–H and O–H groups in total. The average Bonchev–Trinajstić information content (AvgIpc) is 2.68. The van der Waals surface area contributed by atoms with Crippen molar-refractivity contribution in [2.45, 2.75) is 45.1 Å². The van der Waals surface area contributed by atoms with Crippen LogP contribution in [0, 0.1) is 5.92 Å². The predicted octanol–water partition coefficient (Wildman–Crippen LogP) is 1.32. The summed E-state index contributed by atoms with van der Waals surface area (Å²) in [6.07, 6.45) is 6.33. The van der Waals surface area contributed by atoms with Crippen LogP contribution in [0.5, 0.6) is 0 Å². The van der Waals surface area contributed by atoms with Crippen molar-refractivity contribution in [1.29, 1.82) is 0 Å². The maximum Gasteiger partial charge on any atom is 0.236 e. The minimum absolute atomic E-state index is 0.309. The van der Waals surface area contributed by atoms with Crippen LogP contribution in [0.15, 0.2) is 0 Å². The summed E-state index contributed by atoms with van der Waals surface area (Å²) in [7, 11) is 2.13. The van der Waals surface area contributed by atoms with Gasteiger partial charge in [-0.1, -0.05) is 19.8 Å². The minimum atomic E-state index is 0.309. The Morgan fingerprint density at radius 2 is 2.00 bits per heavy atom. The molecule has 0 aromatic heterocycles. The third kappa shape index (κ3) is 4.18. The maximum absolute atomic E-state index is 12.4. The van der Waals surface area contributed by atoms with E-state index >= 15 is 0 Å². The number of carbonyl (C=O) groups is 1. The standard InChI is InChI=1S/C15H29N3O/c1-13-6-3-4-7-14(13)17(2)12-15(19)18-10-5-8-16-9-11-18/h13-14,16H,3-12H2,1-2H3. The highest BCUT2D eigenvalue weighted by molar-refractivity contribution is 5.78. The first-order chi connectivity index (χ1) is 9.18. The number of rotatable bonds is 3. The van der Waals surface area contributed by atoms with Crippen molar-refractivity contribution in [3.05, 3.63) is 0 Å². The van der Waals surface area contributed by atoms with Gasteiger partial charge in [-0.25, -0.2) is 0 Å². The van der Waals surface area contributed by atoms with Gasteiger partial charge in [0.1, 0.15) is 0 Å². The Morgan fingerprint density at radius 1 is 1.21 bits per heavy atom. The molecule has 2 unspecified atom stereocenters. The van der Waals surface area contributed by atoms with Crippen LogP contribution in [0.3, 0.4) is 0 Å². The zero-order valence-corrected chi connectivity index (χ0v) is 12.5. The Morgan fingerprint density at radius 3 is 2.79 bits per heavy atom. The van der Waals surface area contributed by atoms with E-state index < -0.39 is 0 Å². The molecule has 0 aromatic rings. The smallest absolute Gasteiger partial charge is 0.236 e. The van der Waals surface area contributed by atoms with E-state index in [-0.39, 0.29) is 0 Å². The van der Waals surface area contributed by atoms with Crippen molar-refractivity contribution in [3.8, 4) is 0 Å². The lowest BCUT2D eigenvalue weighted by atomic mass is 9.85. The Labute approximate surface area is 117 Å². The fourth-order valence-corrected chi connectivity index (χ4v) is 3.48. The van der Waals surface area contributed by atoms with Crippen LogP contribution in [0.25, 0.3) is 0 Å². The molecule has 2 fully saturated rings. The molecular weight excluding hydrogens is 238 g/mol. The monoisotopic (exact) mass is 267 g/mol. The summed E-state index contributed by atoms with van der Waals surface area (Å²) in [5, 5.41) is 3.35. The molecule has 19 heavy (non-hydrogen) atoms. The molecule has 4 heteroatoms. The number of hydrogen-bond acceptors (Lipinski definition) is 3. The molecule has 0 spiro atoms. The molecule has 0 radical (unpaired) electrons. The topological polar surface area (TPSA) is 35.6 Å². The van der Waals surface area contributed by atoms with Crippen LogP contribution in [0.4, 0.5) is 0 Å². The number of amides is 1. The van der Waals surface area contributed by atoms with Gasteiger partial charge in [0, 0.05) is 25.7 Å². The van der Waals surface area contributed by atoms with Gasteiger partial charge in [-0.3, -0.25) is 9.69 Å². The first kappa shape index (κ1) is 14.8. The van der Waals surface area contributed by atoms with E-state index in [1.165, 1.54) is 25.7 Å². The molecule has 1 aliphatic carbocycles. The van der Waals surface area contributed by atoms with E-state index in [0.29, 0.717) is 18.5 Å². The Balaban J connectivity index is 1.83. The normalized spacial score (nSPS) is 29.3. The molecule has 1 saturated heterocycles. The van der Waals surface area contributed by atoms with Crippen LogP contribution in [0.1, 0.15) is 39.0 Å². The second-order valence-electron chi connectivity index (χ2n) is 6.23. The highest BCUT2D eigenvalue weighted by Crippen LogP contribution is 2.27. The number of likely N-dealkylation sites (N-methyl/N-ethyl adjacent to an activating group) is 1. The summed E-state index contributed by atoms with van der Waals surface area (Å²) in [6.45, 7) is 6.69. The molecule has 2 rings (SSSR count). The first-order valence-corrected chi connectivity index (χ1v) is 7.87. The van der Waals surface area contributed by atoms with Crippen molar-refractivity contribution in [2.24, 2.45) is 5.92 Å². The summed E-state index contributed by atoms with van der Waals surface area (Å²) in [5.41, 5.74) is 0. The molecular formula is C15H29N3O. The number of hydrogen-bond donors (Lipinski definition) is 1. The molecule has 1 aliphatic heterocycles. The molecule has 1 amide bonds. The molecule has 0 bridgehead atoms. The van der Waals surface area contributed by atoms with Gasteiger partial charge in [-0.2, -0.15) is 0 Å². The summed E-state index contributed by atoms with van der Waals surface area (Å²) in [6, 6.07) is 0.600. The van der Waals surface area contributed by atoms with Gasteiger partial charge in [0.05, 0.1) is 6.54 Å². The van der Waals surface area contributed by atoms with Crippen molar-refractivity contribution in [3.63, 3.8) is 0 Å². The lowest BCUT2D eigenvalue weighted by Gasteiger charge is -2.36. The van der Waals surface area contributed by atoms with Crippen molar-refractivity contribution >= 4 is 5.91 Å². The van der Waals surface area contributed by atoms with Crippen molar-refractivity contribution in [2.75, 3.05) is 39.8 Å². The maximum atomic E-state index is 12.4. The molecule has 2 aliphatic rings. The van der Waals surface area contributed by atoms with Gasteiger partial charge >= 0.3 is 0 Å². The zero-order valence-electron chi connectivity index (χ0n) is 12.5. The summed E-state index contributed by atoms with van der Waals surface area (Å²) >= 11 is 0. The first-order valence-electron chi connectivity index (χ1n) is 7.87. The summed E-state index contributed by atoms with van der Waals surface area (Å²) < 4.78 is 0. The molecule has 1 saturated carbocycles. The Bertz CT molecular complexity index is 287. The molecule has 4 nitrogen and oxygen atoms in total. The van der Waals surface area contributed by atoms with E-state index in [2.05, 4.69) is 24.2 Å². The highest BCUT2D eigenvalue weighted by Gasteiger charge is 2.27. The molecule has 110 valence electrons. The second-order valence-corrected chi connectivity index (χ2v) is 6.23. The quantitative estimate of drug-likeness (QED) is 0.838. The van der Waals surface area contributed by atoms with Crippen molar-refractivity contribution in [1.82, 2.24) is 15.1 Å². The fourth-order valence-electron chi connectivity index (χ4n) is 3.48. The largest absolute Gasteiger partial charge is 0.340 e. The zero-order chi connectivity index (χ0) is 13.7. The van der Waals surface area contributed by atoms with Crippen LogP contribution < -0.4 is 5.32 Å². The summed E-state index contributed by atoms with van der Waals surface area (Å²) in [4.78, 5) is 16.7.